The second-order valence-electron chi connectivity index (χ2n) is 6.27. The molecule has 1 N–H and O–H groups in total. The van der Waals surface area contributed by atoms with Crippen LogP contribution in [0.2, 0.25) is 0 Å². The van der Waals surface area contributed by atoms with Gasteiger partial charge in [-0.1, -0.05) is 6.07 Å². The summed E-state index contributed by atoms with van der Waals surface area (Å²) in [6.45, 7) is 3.22. The van der Waals surface area contributed by atoms with Gasteiger partial charge in [-0.25, -0.2) is 4.98 Å². The molecule has 21 heavy (non-hydrogen) atoms. The summed E-state index contributed by atoms with van der Waals surface area (Å²) in [7, 11) is 0. The summed E-state index contributed by atoms with van der Waals surface area (Å²) < 4.78 is 0. The first-order chi connectivity index (χ1) is 10.3. The Hall–Kier alpha value is -1.26. The van der Waals surface area contributed by atoms with Gasteiger partial charge in [0.1, 0.15) is 10.7 Å². The minimum absolute atomic E-state index is 0.600. The van der Waals surface area contributed by atoms with E-state index in [0.717, 1.165) is 23.3 Å². The lowest BCUT2D eigenvalue weighted by atomic mass is 9.91. The van der Waals surface area contributed by atoms with Crippen LogP contribution in [0.4, 0.5) is 0 Å². The molecular formula is C17H21N3S. The van der Waals surface area contributed by atoms with Crippen molar-refractivity contribution in [1.29, 1.82) is 0 Å². The maximum absolute atomic E-state index is 4.98. The predicted molar refractivity (Wildman–Crippen MR) is 86.8 cm³/mol. The standard InChI is InChI=1S/C17H21N3S/c1-11-4-3-9-18-15(11)17-20-16-12(10-19-13-7-8-13)5-2-6-14(16)21-17/h3-4,9,12-13,19H,2,5-8,10H2,1H3. The average Bonchev–Trinajstić information content (AvgIpc) is 3.22. The fraction of sp³-hybridized carbons (Fsp3) is 0.529. The first-order valence-electron chi connectivity index (χ1n) is 7.96. The van der Waals surface area contributed by atoms with E-state index in [1.165, 1.54) is 48.2 Å². The van der Waals surface area contributed by atoms with Crippen molar-refractivity contribution in [3.63, 3.8) is 0 Å². The van der Waals surface area contributed by atoms with Gasteiger partial charge in [0, 0.05) is 29.6 Å². The van der Waals surface area contributed by atoms with Crippen LogP contribution >= 0.6 is 11.3 Å². The summed E-state index contributed by atoms with van der Waals surface area (Å²) in [6.07, 6.45) is 8.35. The molecule has 110 valence electrons. The number of aryl methyl sites for hydroxylation is 2. The minimum atomic E-state index is 0.600. The maximum atomic E-state index is 4.98. The normalized spacial score (nSPS) is 21.3. The first-order valence-corrected chi connectivity index (χ1v) is 8.78. The van der Waals surface area contributed by atoms with E-state index in [4.69, 9.17) is 4.98 Å². The van der Waals surface area contributed by atoms with E-state index < -0.39 is 0 Å². The third kappa shape index (κ3) is 2.74. The molecule has 2 aliphatic rings. The molecule has 1 atom stereocenters. The summed E-state index contributed by atoms with van der Waals surface area (Å²) in [5.41, 5.74) is 3.63. The van der Waals surface area contributed by atoms with Crippen LogP contribution in [0, 0.1) is 6.92 Å². The molecule has 0 aromatic carbocycles. The van der Waals surface area contributed by atoms with Crippen LogP contribution in [0.3, 0.4) is 0 Å². The maximum Gasteiger partial charge on any atom is 0.142 e. The number of aromatic nitrogens is 2. The Morgan fingerprint density at radius 2 is 2.24 bits per heavy atom. The summed E-state index contributed by atoms with van der Waals surface area (Å²) in [4.78, 5) is 11.0. The quantitative estimate of drug-likeness (QED) is 0.935. The van der Waals surface area contributed by atoms with Crippen LogP contribution in [0.1, 0.15) is 47.7 Å². The zero-order chi connectivity index (χ0) is 14.2. The van der Waals surface area contributed by atoms with E-state index in [2.05, 4.69) is 23.3 Å². The second-order valence-corrected chi connectivity index (χ2v) is 7.35. The van der Waals surface area contributed by atoms with Gasteiger partial charge in [-0.2, -0.15) is 0 Å². The fourth-order valence-electron chi connectivity index (χ4n) is 3.11. The second kappa shape index (κ2) is 5.50. The van der Waals surface area contributed by atoms with Gasteiger partial charge in [0.25, 0.3) is 0 Å². The number of nitrogens with one attached hydrogen (secondary N) is 1. The van der Waals surface area contributed by atoms with Gasteiger partial charge in [-0.05, 0) is 50.7 Å². The molecule has 0 aliphatic heterocycles. The van der Waals surface area contributed by atoms with Crippen LogP contribution < -0.4 is 5.32 Å². The molecule has 0 bridgehead atoms. The van der Waals surface area contributed by atoms with E-state index in [1.54, 1.807) is 0 Å². The molecule has 1 fully saturated rings. The van der Waals surface area contributed by atoms with Crippen molar-refractivity contribution in [2.24, 2.45) is 0 Å². The van der Waals surface area contributed by atoms with Gasteiger partial charge in [0.15, 0.2) is 0 Å². The van der Waals surface area contributed by atoms with Gasteiger partial charge in [-0.15, -0.1) is 11.3 Å². The van der Waals surface area contributed by atoms with Crippen molar-refractivity contribution in [1.82, 2.24) is 15.3 Å². The highest BCUT2D eigenvalue weighted by Crippen LogP contribution is 2.38. The van der Waals surface area contributed by atoms with E-state index in [-0.39, 0.29) is 0 Å². The van der Waals surface area contributed by atoms with E-state index in [9.17, 15) is 0 Å². The van der Waals surface area contributed by atoms with Crippen LogP contribution in [-0.4, -0.2) is 22.6 Å². The Morgan fingerprint density at radius 3 is 3.05 bits per heavy atom. The number of fused-ring (bicyclic) bond motifs is 1. The van der Waals surface area contributed by atoms with E-state index in [0.29, 0.717) is 5.92 Å². The summed E-state index contributed by atoms with van der Waals surface area (Å²) in [5, 5.41) is 4.78. The average molecular weight is 299 g/mol. The zero-order valence-corrected chi connectivity index (χ0v) is 13.2. The van der Waals surface area contributed by atoms with Gasteiger partial charge < -0.3 is 5.32 Å². The van der Waals surface area contributed by atoms with Crippen molar-refractivity contribution in [2.75, 3.05) is 6.54 Å². The van der Waals surface area contributed by atoms with Gasteiger partial charge in [0.2, 0.25) is 0 Å². The van der Waals surface area contributed by atoms with Crippen LogP contribution in [0.25, 0.3) is 10.7 Å². The van der Waals surface area contributed by atoms with Crippen molar-refractivity contribution in [3.8, 4) is 10.7 Å². The molecule has 0 amide bonds. The van der Waals surface area contributed by atoms with Crippen LogP contribution in [-0.2, 0) is 6.42 Å². The Labute approximate surface area is 129 Å². The number of hydrogen-bond donors (Lipinski definition) is 1. The SMILES string of the molecule is Cc1cccnc1-c1nc2c(s1)CCCC2CNC1CC1. The molecule has 1 saturated carbocycles. The smallest absolute Gasteiger partial charge is 0.142 e. The minimum Gasteiger partial charge on any atom is -0.313 e. The highest BCUT2D eigenvalue weighted by molar-refractivity contribution is 7.15. The topological polar surface area (TPSA) is 37.8 Å². The molecule has 0 saturated heterocycles. The van der Waals surface area contributed by atoms with E-state index >= 15 is 0 Å². The summed E-state index contributed by atoms with van der Waals surface area (Å²) in [6, 6.07) is 4.90. The molecule has 3 nitrogen and oxygen atoms in total. The number of thiazole rings is 1. The first kappa shape index (κ1) is 13.4. The lowest BCUT2D eigenvalue weighted by Gasteiger charge is -2.21. The molecule has 0 radical (unpaired) electrons. The Balaban J connectivity index is 1.62. The van der Waals surface area contributed by atoms with Crippen molar-refractivity contribution < 1.29 is 0 Å². The Bertz CT molecular complexity index is 645. The monoisotopic (exact) mass is 299 g/mol. The highest BCUT2D eigenvalue weighted by Gasteiger charge is 2.28. The fourth-order valence-corrected chi connectivity index (χ4v) is 4.36. The van der Waals surface area contributed by atoms with Crippen LogP contribution in [0.5, 0.6) is 0 Å². The number of nitrogens with zero attached hydrogens (tertiary/aromatic N) is 2. The number of hydrogen-bond acceptors (Lipinski definition) is 4. The van der Waals surface area contributed by atoms with Crippen molar-refractivity contribution in [2.45, 2.75) is 51.0 Å². The van der Waals surface area contributed by atoms with Crippen molar-refractivity contribution in [3.05, 3.63) is 34.5 Å². The van der Waals surface area contributed by atoms with E-state index in [1.807, 2.05) is 23.6 Å². The number of pyridine rings is 1. The molecule has 2 aromatic rings. The van der Waals surface area contributed by atoms with Gasteiger partial charge >= 0.3 is 0 Å². The lowest BCUT2D eigenvalue weighted by Crippen LogP contribution is -2.25. The molecule has 4 rings (SSSR count). The Kier molecular flexibility index (Phi) is 3.51. The summed E-state index contributed by atoms with van der Waals surface area (Å²) in [5.74, 6) is 0.600. The predicted octanol–water partition coefficient (Wildman–Crippen LogP) is 3.69. The molecular weight excluding hydrogens is 278 g/mol. The molecule has 1 unspecified atom stereocenters. The lowest BCUT2D eigenvalue weighted by molar-refractivity contribution is 0.500. The van der Waals surface area contributed by atoms with Gasteiger partial charge in [0.05, 0.1) is 5.69 Å². The number of rotatable bonds is 4. The molecule has 2 aromatic heterocycles. The van der Waals surface area contributed by atoms with Crippen molar-refractivity contribution >= 4 is 11.3 Å². The van der Waals surface area contributed by atoms with Gasteiger partial charge in [-0.3, -0.25) is 4.98 Å². The largest absolute Gasteiger partial charge is 0.313 e. The molecule has 4 heteroatoms. The Morgan fingerprint density at radius 1 is 1.33 bits per heavy atom. The molecule has 0 spiro atoms. The zero-order valence-electron chi connectivity index (χ0n) is 12.4. The summed E-state index contributed by atoms with van der Waals surface area (Å²) >= 11 is 1.85. The molecule has 2 heterocycles. The third-order valence-corrected chi connectivity index (χ3v) is 5.65. The molecule has 2 aliphatic carbocycles. The third-order valence-electron chi connectivity index (χ3n) is 4.51. The highest BCUT2D eigenvalue weighted by atomic mass is 32.1. The van der Waals surface area contributed by atoms with Crippen LogP contribution in [0.15, 0.2) is 18.3 Å².